The van der Waals surface area contributed by atoms with Gasteiger partial charge in [0.2, 0.25) is 5.89 Å². The van der Waals surface area contributed by atoms with Gasteiger partial charge in [-0.15, -0.1) is 0 Å². The Labute approximate surface area is 95.4 Å². The average molecular weight is 225 g/mol. The van der Waals surface area contributed by atoms with E-state index in [-0.39, 0.29) is 12.6 Å². The van der Waals surface area contributed by atoms with E-state index in [1.807, 2.05) is 0 Å². The van der Waals surface area contributed by atoms with Gasteiger partial charge in [-0.1, -0.05) is 11.6 Å². The lowest BCUT2D eigenvalue weighted by Crippen LogP contribution is -2.46. The van der Waals surface area contributed by atoms with Crippen molar-refractivity contribution < 1.29 is 9.63 Å². The van der Waals surface area contributed by atoms with Crippen molar-refractivity contribution in [2.24, 2.45) is 0 Å². The van der Waals surface area contributed by atoms with Crippen LogP contribution in [0.1, 0.15) is 37.9 Å². The zero-order chi connectivity index (χ0) is 11.5. The predicted molar refractivity (Wildman–Crippen MR) is 58.8 cm³/mol. The Bertz CT molecular complexity index is 340. The largest absolute Gasteiger partial charge is 0.395 e. The molecule has 1 saturated heterocycles. The van der Waals surface area contributed by atoms with Gasteiger partial charge in [-0.05, 0) is 19.8 Å². The molecule has 5 nitrogen and oxygen atoms in total. The molecule has 2 unspecified atom stereocenters. The summed E-state index contributed by atoms with van der Waals surface area (Å²) in [6, 6.07) is 0.715. The standard InChI is InChI=1S/C11H19N3O2/c1-8-4-3-5-10(7-15)14(8)6-11-12-9(2)16-13-11/h8,10,15H,3-7H2,1-2H3. The fourth-order valence-electron chi connectivity index (χ4n) is 2.39. The van der Waals surface area contributed by atoms with Crippen LogP contribution in [0.3, 0.4) is 0 Å². The van der Waals surface area contributed by atoms with Crippen LogP contribution in [0.15, 0.2) is 4.52 Å². The summed E-state index contributed by atoms with van der Waals surface area (Å²) in [6.45, 7) is 4.86. The second-order valence-corrected chi connectivity index (χ2v) is 4.52. The molecule has 0 aliphatic carbocycles. The quantitative estimate of drug-likeness (QED) is 0.835. The number of hydrogen-bond donors (Lipinski definition) is 1. The van der Waals surface area contributed by atoms with Gasteiger partial charge >= 0.3 is 0 Å². The number of rotatable bonds is 3. The number of likely N-dealkylation sites (tertiary alicyclic amines) is 1. The third-order valence-corrected chi connectivity index (χ3v) is 3.30. The molecule has 0 aromatic carbocycles. The smallest absolute Gasteiger partial charge is 0.223 e. The molecule has 1 aliphatic rings. The monoisotopic (exact) mass is 225 g/mol. The minimum absolute atomic E-state index is 0.209. The third-order valence-electron chi connectivity index (χ3n) is 3.30. The van der Waals surface area contributed by atoms with E-state index < -0.39 is 0 Å². The van der Waals surface area contributed by atoms with Crippen LogP contribution in [0.4, 0.5) is 0 Å². The van der Waals surface area contributed by atoms with Crippen molar-refractivity contribution in [3.8, 4) is 0 Å². The fourth-order valence-corrected chi connectivity index (χ4v) is 2.39. The molecular weight excluding hydrogens is 206 g/mol. The highest BCUT2D eigenvalue weighted by molar-refractivity contribution is 4.89. The van der Waals surface area contributed by atoms with E-state index >= 15 is 0 Å². The number of aliphatic hydroxyl groups excluding tert-OH is 1. The summed E-state index contributed by atoms with van der Waals surface area (Å²) in [7, 11) is 0. The van der Waals surface area contributed by atoms with Gasteiger partial charge in [0.25, 0.3) is 0 Å². The van der Waals surface area contributed by atoms with Gasteiger partial charge in [-0.25, -0.2) is 0 Å². The molecular formula is C11H19N3O2. The molecule has 0 spiro atoms. The zero-order valence-corrected chi connectivity index (χ0v) is 9.89. The first kappa shape index (κ1) is 11.5. The molecule has 2 atom stereocenters. The summed E-state index contributed by atoms with van der Waals surface area (Å²) in [6.07, 6.45) is 3.42. The van der Waals surface area contributed by atoms with Crippen molar-refractivity contribution in [1.29, 1.82) is 0 Å². The van der Waals surface area contributed by atoms with Crippen molar-refractivity contribution in [2.45, 2.75) is 51.7 Å². The highest BCUT2D eigenvalue weighted by atomic mass is 16.5. The van der Waals surface area contributed by atoms with Crippen LogP contribution >= 0.6 is 0 Å². The number of nitrogens with zero attached hydrogens (tertiary/aromatic N) is 3. The Balaban J connectivity index is 2.05. The van der Waals surface area contributed by atoms with E-state index in [2.05, 4.69) is 22.0 Å². The summed E-state index contributed by atoms with van der Waals surface area (Å²) in [4.78, 5) is 6.48. The molecule has 1 aliphatic heterocycles. The van der Waals surface area contributed by atoms with E-state index in [4.69, 9.17) is 4.52 Å². The molecule has 2 heterocycles. The van der Waals surface area contributed by atoms with Gasteiger partial charge in [0.15, 0.2) is 5.82 Å². The number of aryl methyl sites for hydroxylation is 1. The maximum atomic E-state index is 9.36. The first-order valence-electron chi connectivity index (χ1n) is 5.86. The minimum atomic E-state index is 0.209. The Morgan fingerprint density at radius 3 is 2.94 bits per heavy atom. The average Bonchev–Trinajstić information content (AvgIpc) is 2.67. The van der Waals surface area contributed by atoms with Crippen molar-refractivity contribution in [1.82, 2.24) is 15.0 Å². The van der Waals surface area contributed by atoms with Crippen molar-refractivity contribution >= 4 is 0 Å². The maximum absolute atomic E-state index is 9.36. The molecule has 0 amide bonds. The van der Waals surface area contributed by atoms with Gasteiger partial charge < -0.3 is 9.63 Å². The Hall–Kier alpha value is -0.940. The van der Waals surface area contributed by atoms with Gasteiger partial charge in [-0.2, -0.15) is 4.98 Å². The lowest BCUT2D eigenvalue weighted by atomic mass is 9.97. The topological polar surface area (TPSA) is 62.4 Å². The predicted octanol–water partition coefficient (Wildman–Crippen LogP) is 1.11. The maximum Gasteiger partial charge on any atom is 0.223 e. The SMILES string of the molecule is Cc1nc(CN2C(C)CCCC2CO)no1. The van der Waals surface area contributed by atoms with Gasteiger partial charge in [0, 0.05) is 19.0 Å². The molecule has 1 aromatic heterocycles. The van der Waals surface area contributed by atoms with Crippen LogP contribution in [0, 0.1) is 6.92 Å². The first-order chi connectivity index (χ1) is 7.70. The van der Waals surface area contributed by atoms with E-state index in [0.29, 0.717) is 24.3 Å². The van der Waals surface area contributed by atoms with Crippen LogP contribution in [0.2, 0.25) is 0 Å². The number of piperidine rings is 1. The highest BCUT2D eigenvalue weighted by Gasteiger charge is 2.28. The first-order valence-corrected chi connectivity index (χ1v) is 5.86. The Kier molecular flexibility index (Phi) is 3.56. The number of aliphatic hydroxyl groups is 1. The third kappa shape index (κ3) is 2.41. The zero-order valence-electron chi connectivity index (χ0n) is 9.89. The summed E-state index contributed by atoms with van der Waals surface area (Å²) >= 11 is 0. The van der Waals surface area contributed by atoms with Crippen molar-refractivity contribution in [2.75, 3.05) is 6.61 Å². The van der Waals surface area contributed by atoms with Crippen LogP contribution in [-0.4, -0.2) is 38.8 Å². The lowest BCUT2D eigenvalue weighted by molar-refractivity contribution is 0.0425. The second-order valence-electron chi connectivity index (χ2n) is 4.52. The van der Waals surface area contributed by atoms with Crippen molar-refractivity contribution in [3.05, 3.63) is 11.7 Å². The summed E-state index contributed by atoms with van der Waals surface area (Å²) < 4.78 is 4.96. The lowest BCUT2D eigenvalue weighted by Gasteiger charge is -2.39. The van der Waals surface area contributed by atoms with Crippen LogP contribution in [0.5, 0.6) is 0 Å². The van der Waals surface area contributed by atoms with Crippen molar-refractivity contribution in [3.63, 3.8) is 0 Å². The molecule has 0 radical (unpaired) electrons. The van der Waals surface area contributed by atoms with Crippen LogP contribution in [-0.2, 0) is 6.54 Å². The molecule has 5 heteroatoms. The van der Waals surface area contributed by atoms with Crippen LogP contribution < -0.4 is 0 Å². The highest BCUT2D eigenvalue weighted by Crippen LogP contribution is 2.23. The fraction of sp³-hybridized carbons (Fsp3) is 0.818. The van der Waals surface area contributed by atoms with Crippen LogP contribution in [0.25, 0.3) is 0 Å². The molecule has 1 aromatic rings. The summed E-state index contributed by atoms with van der Waals surface area (Å²) in [5, 5.41) is 13.3. The molecule has 0 bridgehead atoms. The molecule has 1 N–H and O–H groups in total. The Morgan fingerprint density at radius 2 is 2.31 bits per heavy atom. The van der Waals surface area contributed by atoms with Gasteiger partial charge in [0.1, 0.15) is 0 Å². The van der Waals surface area contributed by atoms with E-state index in [1.165, 1.54) is 12.8 Å². The van der Waals surface area contributed by atoms with E-state index in [0.717, 1.165) is 6.42 Å². The number of hydrogen-bond acceptors (Lipinski definition) is 5. The minimum Gasteiger partial charge on any atom is -0.395 e. The van der Waals surface area contributed by atoms with Gasteiger partial charge in [-0.3, -0.25) is 4.90 Å². The molecule has 2 rings (SSSR count). The van der Waals surface area contributed by atoms with Gasteiger partial charge in [0.05, 0.1) is 13.2 Å². The molecule has 90 valence electrons. The normalized spacial score (nSPS) is 27.2. The van der Waals surface area contributed by atoms with E-state index in [1.54, 1.807) is 6.92 Å². The molecule has 16 heavy (non-hydrogen) atoms. The molecule has 0 saturated carbocycles. The number of aromatic nitrogens is 2. The molecule has 1 fully saturated rings. The summed E-state index contributed by atoms with van der Waals surface area (Å²) in [5.74, 6) is 1.31. The van der Waals surface area contributed by atoms with E-state index in [9.17, 15) is 5.11 Å². The Morgan fingerprint density at radius 1 is 1.50 bits per heavy atom. The summed E-state index contributed by atoms with van der Waals surface area (Å²) in [5.41, 5.74) is 0. The second kappa shape index (κ2) is 4.93.